The number of aryl methyl sites for hydroxylation is 2. The quantitative estimate of drug-likeness (QED) is 0.900. The number of urea groups is 1. The predicted octanol–water partition coefficient (Wildman–Crippen LogP) is 2.24. The summed E-state index contributed by atoms with van der Waals surface area (Å²) in [5, 5.41) is 10.5. The van der Waals surface area contributed by atoms with Crippen LogP contribution in [0.4, 0.5) is 4.79 Å². The maximum Gasteiger partial charge on any atom is 0.315 e. The Morgan fingerprint density at radius 1 is 1.36 bits per heavy atom. The summed E-state index contributed by atoms with van der Waals surface area (Å²) >= 11 is 0. The highest BCUT2D eigenvalue weighted by molar-refractivity contribution is 5.74. The number of benzene rings is 1. The zero-order chi connectivity index (χ0) is 17.2. The molecule has 2 aromatic rings. The van der Waals surface area contributed by atoms with E-state index in [0.29, 0.717) is 13.2 Å². The fourth-order valence-corrected chi connectivity index (χ4v) is 3.77. The largest absolute Gasteiger partial charge is 0.371 e. The summed E-state index contributed by atoms with van der Waals surface area (Å²) in [5.74, 6) is 0. The minimum Gasteiger partial charge on any atom is -0.371 e. The van der Waals surface area contributed by atoms with E-state index in [1.165, 1.54) is 11.1 Å². The lowest BCUT2D eigenvalue weighted by Gasteiger charge is -2.26. The molecule has 132 valence electrons. The molecular formula is C19H24N4O2. The van der Waals surface area contributed by atoms with Gasteiger partial charge in [0.15, 0.2) is 0 Å². The van der Waals surface area contributed by atoms with E-state index in [-0.39, 0.29) is 18.2 Å². The van der Waals surface area contributed by atoms with Gasteiger partial charge in [0.2, 0.25) is 0 Å². The van der Waals surface area contributed by atoms with Gasteiger partial charge in [0.1, 0.15) is 0 Å². The molecule has 4 rings (SSSR count). The minimum atomic E-state index is -0.135. The molecule has 1 aromatic heterocycles. The van der Waals surface area contributed by atoms with Gasteiger partial charge in [-0.2, -0.15) is 5.10 Å². The Morgan fingerprint density at radius 3 is 3.08 bits per heavy atom. The normalized spacial score (nSPS) is 22.0. The van der Waals surface area contributed by atoms with E-state index < -0.39 is 0 Å². The van der Waals surface area contributed by atoms with E-state index in [4.69, 9.17) is 4.74 Å². The van der Waals surface area contributed by atoms with Gasteiger partial charge in [0, 0.05) is 31.8 Å². The van der Waals surface area contributed by atoms with Crippen molar-refractivity contribution in [1.29, 1.82) is 0 Å². The Bertz CT molecular complexity index is 771. The molecule has 0 fully saturated rings. The van der Waals surface area contributed by atoms with Crippen molar-refractivity contribution in [2.45, 2.75) is 44.4 Å². The van der Waals surface area contributed by atoms with Gasteiger partial charge in [0.05, 0.1) is 24.4 Å². The van der Waals surface area contributed by atoms with Gasteiger partial charge in [0.25, 0.3) is 0 Å². The molecule has 2 N–H and O–H groups in total. The third-order valence-corrected chi connectivity index (χ3v) is 5.06. The first-order valence-electron chi connectivity index (χ1n) is 8.94. The molecule has 1 aliphatic heterocycles. The van der Waals surface area contributed by atoms with Crippen LogP contribution >= 0.6 is 0 Å². The molecule has 6 nitrogen and oxygen atoms in total. The molecule has 2 atom stereocenters. The Balaban J connectivity index is 1.30. The van der Waals surface area contributed by atoms with Crippen molar-refractivity contribution in [3.63, 3.8) is 0 Å². The smallest absolute Gasteiger partial charge is 0.315 e. The number of ether oxygens (including phenoxy) is 1. The summed E-state index contributed by atoms with van der Waals surface area (Å²) in [6.45, 7) is 1.14. The summed E-state index contributed by atoms with van der Waals surface area (Å²) in [5.41, 5.74) is 4.81. The first-order valence-corrected chi connectivity index (χ1v) is 8.94. The number of amides is 2. The van der Waals surface area contributed by atoms with Crippen molar-refractivity contribution in [2.24, 2.45) is 7.05 Å². The molecule has 2 aliphatic rings. The predicted molar refractivity (Wildman–Crippen MR) is 94.1 cm³/mol. The van der Waals surface area contributed by atoms with Gasteiger partial charge in [-0.05, 0) is 30.4 Å². The average Bonchev–Trinajstić information content (AvgIpc) is 3.01. The second-order valence-electron chi connectivity index (χ2n) is 6.91. The van der Waals surface area contributed by atoms with Crippen molar-refractivity contribution < 1.29 is 9.53 Å². The van der Waals surface area contributed by atoms with E-state index in [1.54, 1.807) is 0 Å². The lowest BCUT2D eigenvalue weighted by Crippen LogP contribution is -2.43. The third-order valence-electron chi connectivity index (χ3n) is 5.06. The first-order chi connectivity index (χ1) is 12.2. The van der Waals surface area contributed by atoms with Gasteiger partial charge in [-0.3, -0.25) is 4.68 Å². The van der Waals surface area contributed by atoms with Gasteiger partial charge < -0.3 is 15.4 Å². The molecule has 0 saturated heterocycles. The number of hydrogen-bond acceptors (Lipinski definition) is 3. The first kappa shape index (κ1) is 16.1. The lowest BCUT2D eigenvalue weighted by molar-refractivity contribution is 0.0305. The van der Waals surface area contributed by atoms with Crippen LogP contribution in [0.5, 0.6) is 0 Å². The summed E-state index contributed by atoms with van der Waals surface area (Å²) < 4.78 is 7.68. The zero-order valence-corrected chi connectivity index (χ0v) is 14.5. The van der Waals surface area contributed by atoms with E-state index >= 15 is 0 Å². The van der Waals surface area contributed by atoms with Crippen LogP contribution in [0, 0.1) is 0 Å². The van der Waals surface area contributed by atoms with Crippen LogP contribution in [0.15, 0.2) is 30.5 Å². The number of carbonyl (C=O) groups is 1. The highest BCUT2D eigenvalue weighted by Gasteiger charge is 2.25. The van der Waals surface area contributed by atoms with Crippen molar-refractivity contribution in [1.82, 2.24) is 20.4 Å². The third kappa shape index (κ3) is 3.54. The Morgan fingerprint density at radius 2 is 2.20 bits per heavy atom. The second-order valence-corrected chi connectivity index (χ2v) is 6.91. The highest BCUT2D eigenvalue weighted by atomic mass is 16.5. The number of fused-ring (bicyclic) bond motifs is 2. The fraction of sp³-hybridized carbons (Fsp3) is 0.474. The van der Waals surface area contributed by atoms with Crippen LogP contribution in [0.25, 0.3) is 0 Å². The van der Waals surface area contributed by atoms with Crippen molar-refractivity contribution in [3.05, 3.63) is 52.8 Å². The molecule has 2 heterocycles. The average molecular weight is 340 g/mol. The summed E-state index contributed by atoms with van der Waals surface area (Å²) in [6.07, 6.45) is 5.89. The Hall–Kier alpha value is -2.34. The molecule has 6 heteroatoms. The number of rotatable bonds is 3. The molecule has 1 unspecified atom stereocenters. The molecular weight excluding hydrogens is 316 g/mol. The Labute approximate surface area is 147 Å². The molecule has 1 aliphatic carbocycles. The molecule has 25 heavy (non-hydrogen) atoms. The second kappa shape index (κ2) is 6.88. The van der Waals surface area contributed by atoms with E-state index in [1.807, 2.05) is 24.0 Å². The summed E-state index contributed by atoms with van der Waals surface area (Å²) in [6, 6.07) is 8.23. The van der Waals surface area contributed by atoms with Crippen molar-refractivity contribution >= 4 is 6.03 Å². The zero-order valence-electron chi connectivity index (χ0n) is 14.5. The molecule has 0 radical (unpaired) electrons. The molecule has 0 saturated carbocycles. The van der Waals surface area contributed by atoms with Crippen LogP contribution < -0.4 is 10.6 Å². The standard InChI is InChI=1S/C19H24N4O2/c1-23-11-16-17(7-4-8-18(16)22-23)21-19(24)20-10-15-9-13-5-2-3-6-14(13)12-25-15/h2-3,5-6,11,15,17H,4,7-10,12H2,1H3,(H2,20,21,24)/t15-,17?/m0/s1. The fourth-order valence-electron chi connectivity index (χ4n) is 3.77. The lowest BCUT2D eigenvalue weighted by atomic mass is 9.93. The number of carbonyl (C=O) groups excluding carboxylic acids is 1. The number of aromatic nitrogens is 2. The van der Waals surface area contributed by atoms with Gasteiger partial charge in [-0.1, -0.05) is 24.3 Å². The SMILES string of the molecule is Cn1cc2c(n1)CCCC2NC(=O)NC[C@@H]1Cc2ccccc2CO1. The van der Waals surface area contributed by atoms with Crippen LogP contribution in [0.2, 0.25) is 0 Å². The van der Waals surface area contributed by atoms with Crippen LogP contribution in [0.3, 0.4) is 0 Å². The van der Waals surface area contributed by atoms with Crippen LogP contribution in [-0.4, -0.2) is 28.5 Å². The number of nitrogens with zero attached hydrogens (tertiary/aromatic N) is 2. The summed E-state index contributed by atoms with van der Waals surface area (Å²) in [4.78, 5) is 12.3. The molecule has 1 aromatic carbocycles. The monoisotopic (exact) mass is 340 g/mol. The highest BCUT2D eigenvalue weighted by Crippen LogP contribution is 2.28. The van der Waals surface area contributed by atoms with E-state index in [9.17, 15) is 4.79 Å². The van der Waals surface area contributed by atoms with Crippen LogP contribution in [0.1, 0.15) is 41.3 Å². The van der Waals surface area contributed by atoms with Crippen molar-refractivity contribution in [2.75, 3.05) is 6.54 Å². The topological polar surface area (TPSA) is 68.2 Å². The van der Waals surface area contributed by atoms with E-state index in [2.05, 4.69) is 33.9 Å². The maximum absolute atomic E-state index is 12.3. The maximum atomic E-state index is 12.3. The minimum absolute atomic E-state index is 0.0287. The number of hydrogen-bond donors (Lipinski definition) is 2. The number of nitrogens with one attached hydrogen (secondary N) is 2. The van der Waals surface area contributed by atoms with Crippen LogP contribution in [-0.2, 0) is 31.2 Å². The van der Waals surface area contributed by atoms with Gasteiger partial charge in [-0.25, -0.2) is 4.79 Å². The molecule has 0 spiro atoms. The van der Waals surface area contributed by atoms with E-state index in [0.717, 1.165) is 36.9 Å². The molecule has 2 amide bonds. The molecule has 0 bridgehead atoms. The van der Waals surface area contributed by atoms with Gasteiger partial charge in [-0.15, -0.1) is 0 Å². The summed E-state index contributed by atoms with van der Waals surface area (Å²) in [7, 11) is 1.92. The van der Waals surface area contributed by atoms with Crippen molar-refractivity contribution in [3.8, 4) is 0 Å². The van der Waals surface area contributed by atoms with Gasteiger partial charge >= 0.3 is 6.03 Å². The Kier molecular flexibility index (Phi) is 4.44.